The van der Waals surface area contributed by atoms with Crippen molar-refractivity contribution in [2.75, 3.05) is 0 Å². The topological polar surface area (TPSA) is 42.2 Å². The third-order valence-electron chi connectivity index (χ3n) is 2.61. The van der Waals surface area contributed by atoms with Gasteiger partial charge in [0.25, 0.3) is 0 Å². The lowest BCUT2D eigenvalue weighted by Gasteiger charge is -2.17. The summed E-state index contributed by atoms with van der Waals surface area (Å²) < 4.78 is 14.6. The largest absolute Gasteiger partial charge is 0.481 e. The molecule has 0 aliphatic rings. The molecule has 0 radical (unpaired) electrons. The van der Waals surface area contributed by atoms with E-state index < -0.39 is 5.97 Å². The second kappa shape index (κ2) is 4.82. The minimum atomic E-state index is -0.881. The van der Waals surface area contributed by atoms with E-state index in [0.29, 0.717) is 0 Å². The summed E-state index contributed by atoms with van der Waals surface area (Å²) in [6, 6.07) is 9.27. The van der Waals surface area contributed by atoms with Crippen LogP contribution in [-0.4, -0.2) is 15.6 Å². The van der Waals surface area contributed by atoms with Crippen LogP contribution in [0, 0.1) is 5.82 Å². The molecular weight excluding hydrogens is 221 g/mol. The highest BCUT2D eigenvalue weighted by molar-refractivity contribution is 5.68. The SMILES string of the molecule is O=C(O)CC(c1ccc(F)cc1)n1cccc1. The number of aliphatic carboxylic acids is 1. The molecule has 1 N–H and O–H groups in total. The third-order valence-corrected chi connectivity index (χ3v) is 2.61. The van der Waals surface area contributed by atoms with Crippen molar-refractivity contribution in [3.05, 3.63) is 60.2 Å². The van der Waals surface area contributed by atoms with Gasteiger partial charge >= 0.3 is 5.97 Å². The maximum atomic E-state index is 12.8. The minimum Gasteiger partial charge on any atom is -0.481 e. The highest BCUT2D eigenvalue weighted by Crippen LogP contribution is 2.22. The van der Waals surface area contributed by atoms with Gasteiger partial charge in [0, 0.05) is 12.4 Å². The molecule has 1 unspecified atom stereocenters. The molecule has 0 aliphatic carbocycles. The van der Waals surface area contributed by atoms with Gasteiger partial charge in [0.05, 0.1) is 12.5 Å². The summed E-state index contributed by atoms with van der Waals surface area (Å²) in [4.78, 5) is 10.9. The Kier molecular flexibility index (Phi) is 3.23. The first-order valence-corrected chi connectivity index (χ1v) is 5.26. The number of nitrogens with zero attached hydrogens (tertiary/aromatic N) is 1. The normalized spacial score (nSPS) is 12.3. The van der Waals surface area contributed by atoms with Crippen LogP contribution in [0.15, 0.2) is 48.8 Å². The maximum absolute atomic E-state index is 12.8. The number of halogens is 1. The average molecular weight is 233 g/mol. The van der Waals surface area contributed by atoms with E-state index in [-0.39, 0.29) is 18.3 Å². The van der Waals surface area contributed by atoms with Gasteiger partial charge in [-0.2, -0.15) is 0 Å². The van der Waals surface area contributed by atoms with Crippen LogP contribution >= 0.6 is 0 Å². The molecular formula is C13H12FNO2. The van der Waals surface area contributed by atoms with E-state index in [0.717, 1.165) is 5.56 Å². The van der Waals surface area contributed by atoms with Crippen molar-refractivity contribution in [3.8, 4) is 0 Å². The molecule has 1 aromatic carbocycles. The fourth-order valence-corrected chi connectivity index (χ4v) is 1.80. The van der Waals surface area contributed by atoms with Gasteiger partial charge < -0.3 is 9.67 Å². The number of carbonyl (C=O) groups is 1. The zero-order valence-corrected chi connectivity index (χ0v) is 9.08. The standard InChI is InChI=1S/C13H12FNO2/c14-11-5-3-10(4-6-11)12(9-13(16)17)15-7-1-2-8-15/h1-8,12H,9H2,(H,16,17). The van der Waals surface area contributed by atoms with Crippen molar-refractivity contribution < 1.29 is 14.3 Å². The minimum absolute atomic E-state index is 0.0275. The lowest BCUT2D eigenvalue weighted by Crippen LogP contribution is -2.13. The summed E-state index contributed by atoms with van der Waals surface area (Å²) in [7, 11) is 0. The molecule has 3 nitrogen and oxygen atoms in total. The van der Waals surface area contributed by atoms with Crippen LogP contribution in [0.4, 0.5) is 4.39 Å². The summed E-state index contributed by atoms with van der Waals surface area (Å²) in [5, 5.41) is 8.91. The van der Waals surface area contributed by atoms with Crippen LogP contribution < -0.4 is 0 Å². The van der Waals surface area contributed by atoms with Crippen molar-refractivity contribution in [1.82, 2.24) is 4.57 Å². The Labute approximate surface area is 98.1 Å². The zero-order valence-electron chi connectivity index (χ0n) is 9.08. The van der Waals surface area contributed by atoms with Gasteiger partial charge in [0.2, 0.25) is 0 Å². The molecule has 0 amide bonds. The monoisotopic (exact) mass is 233 g/mol. The summed E-state index contributed by atoms with van der Waals surface area (Å²) in [6.45, 7) is 0. The van der Waals surface area contributed by atoms with Crippen LogP contribution in [0.25, 0.3) is 0 Å². The number of carboxylic acids is 1. The van der Waals surface area contributed by atoms with Gasteiger partial charge in [-0.3, -0.25) is 4.79 Å². The van der Waals surface area contributed by atoms with E-state index in [2.05, 4.69) is 0 Å². The Morgan fingerprint density at radius 2 is 1.82 bits per heavy atom. The zero-order chi connectivity index (χ0) is 12.3. The molecule has 4 heteroatoms. The van der Waals surface area contributed by atoms with Crippen LogP contribution in [0.2, 0.25) is 0 Å². The van der Waals surface area contributed by atoms with E-state index in [1.807, 2.05) is 12.1 Å². The number of hydrogen-bond donors (Lipinski definition) is 1. The summed E-state index contributed by atoms with van der Waals surface area (Å²) in [5.41, 5.74) is 0.782. The predicted molar refractivity (Wildman–Crippen MR) is 61.2 cm³/mol. The highest BCUT2D eigenvalue weighted by atomic mass is 19.1. The molecule has 0 saturated heterocycles. The lowest BCUT2D eigenvalue weighted by atomic mass is 10.0. The third kappa shape index (κ3) is 2.72. The van der Waals surface area contributed by atoms with Crippen molar-refractivity contribution in [1.29, 1.82) is 0 Å². The highest BCUT2D eigenvalue weighted by Gasteiger charge is 2.16. The Bertz CT molecular complexity index is 491. The van der Waals surface area contributed by atoms with E-state index in [1.54, 1.807) is 29.1 Å². The number of carboxylic acid groups (broad SMARTS) is 1. The van der Waals surface area contributed by atoms with E-state index in [1.165, 1.54) is 12.1 Å². The van der Waals surface area contributed by atoms with E-state index in [9.17, 15) is 9.18 Å². The van der Waals surface area contributed by atoms with Gasteiger partial charge in [-0.1, -0.05) is 12.1 Å². The fourth-order valence-electron chi connectivity index (χ4n) is 1.80. The quantitative estimate of drug-likeness (QED) is 0.882. The van der Waals surface area contributed by atoms with Crippen molar-refractivity contribution >= 4 is 5.97 Å². The van der Waals surface area contributed by atoms with Crippen molar-refractivity contribution in [2.24, 2.45) is 0 Å². The van der Waals surface area contributed by atoms with Gasteiger partial charge in [0.15, 0.2) is 0 Å². The van der Waals surface area contributed by atoms with Gasteiger partial charge in [0.1, 0.15) is 5.82 Å². The number of aromatic nitrogens is 1. The van der Waals surface area contributed by atoms with Crippen molar-refractivity contribution in [2.45, 2.75) is 12.5 Å². The molecule has 2 aromatic rings. The van der Waals surface area contributed by atoms with Crippen LogP contribution in [-0.2, 0) is 4.79 Å². The molecule has 2 rings (SSSR count). The van der Waals surface area contributed by atoms with Crippen LogP contribution in [0.1, 0.15) is 18.0 Å². The molecule has 17 heavy (non-hydrogen) atoms. The summed E-state index contributed by atoms with van der Waals surface area (Å²) >= 11 is 0. The Morgan fingerprint density at radius 1 is 1.24 bits per heavy atom. The molecule has 1 aromatic heterocycles. The molecule has 0 bridgehead atoms. The molecule has 88 valence electrons. The number of rotatable bonds is 4. The Morgan fingerprint density at radius 3 is 2.35 bits per heavy atom. The molecule has 1 atom stereocenters. The fraction of sp³-hybridized carbons (Fsp3) is 0.154. The summed E-state index contributed by atoms with van der Waals surface area (Å²) in [6.07, 6.45) is 3.58. The van der Waals surface area contributed by atoms with Gasteiger partial charge in [-0.15, -0.1) is 0 Å². The second-order valence-electron chi connectivity index (χ2n) is 3.80. The second-order valence-corrected chi connectivity index (χ2v) is 3.80. The first kappa shape index (κ1) is 11.4. The molecule has 1 heterocycles. The summed E-state index contributed by atoms with van der Waals surface area (Å²) in [5.74, 6) is -1.21. The van der Waals surface area contributed by atoms with Gasteiger partial charge in [-0.25, -0.2) is 4.39 Å². The lowest BCUT2D eigenvalue weighted by molar-refractivity contribution is -0.137. The van der Waals surface area contributed by atoms with Crippen LogP contribution in [0.3, 0.4) is 0 Å². The smallest absolute Gasteiger partial charge is 0.305 e. The molecule has 0 fully saturated rings. The van der Waals surface area contributed by atoms with Crippen LogP contribution in [0.5, 0.6) is 0 Å². The Balaban J connectivity index is 2.33. The number of hydrogen-bond acceptors (Lipinski definition) is 1. The van der Waals surface area contributed by atoms with E-state index >= 15 is 0 Å². The van der Waals surface area contributed by atoms with E-state index in [4.69, 9.17) is 5.11 Å². The average Bonchev–Trinajstić information content (AvgIpc) is 2.80. The number of benzene rings is 1. The first-order chi connectivity index (χ1) is 8.16. The molecule has 0 saturated carbocycles. The molecule has 0 spiro atoms. The predicted octanol–water partition coefficient (Wildman–Crippen LogP) is 2.69. The Hall–Kier alpha value is -2.10. The first-order valence-electron chi connectivity index (χ1n) is 5.26. The van der Waals surface area contributed by atoms with Crippen molar-refractivity contribution in [3.63, 3.8) is 0 Å². The molecule has 0 aliphatic heterocycles. The van der Waals surface area contributed by atoms with Gasteiger partial charge in [-0.05, 0) is 29.8 Å². The maximum Gasteiger partial charge on any atom is 0.305 e.